The molecule has 0 aromatic heterocycles. The average Bonchev–Trinajstić information content (AvgIpc) is 2.47. The molecule has 3 nitrogen and oxygen atoms in total. The topological polar surface area (TPSA) is 38.7 Å². The number of aliphatic hydroxyl groups excluding tert-OH is 1. The van der Waals surface area contributed by atoms with Gasteiger partial charge in [-0.2, -0.15) is 0 Å². The number of rotatable bonds is 1. The number of halogens is 3. The summed E-state index contributed by atoms with van der Waals surface area (Å²) < 4.78 is 44.6. The zero-order valence-corrected chi connectivity index (χ0v) is 7.41. The maximum atomic E-state index is 12.0. The average molecular weight is 220 g/mol. The van der Waals surface area contributed by atoms with Gasteiger partial charge in [-0.1, -0.05) is 12.1 Å². The van der Waals surface area contributed by atoms with Crippen molar-refractivity contribution in [2.45, 2.75) is 12.5 Å². The first-order chi connectivity index (χ1) is 6.97. The van der Waals surface area contributed by atoms with Crippen molar-refractivity contribution in [1.29, 1.82) is 0 Å². The van der Waals surface area contributed by atoms with Gasteiger partial charge in [0.15, 0.2) is 11.5 Å². The van der Waals surface area contributed by atoms with E-state index in [-0.39, 0.29) is 12.4 Å². The molecule has 1 aliphatic heterocycles. The molecule has 0 bridgehead atoms. The van der Waals surface area contributed by atoms with E-state index in [1.165, 1.54) is 12.1 Å². The Kier molecular flexibility index (Phi) is 2.22. The molecule has 1 N–H and O–H groups in total. The lowest BCUT2D eigenvalue weighted by Crippen LogP contribution is -2.17. The molecular weight excluding hydrogens is 213 g/mol. The third kappa shape index (κ3) is 1.99. The number of fused-ring (bicyclic) bond motifs is 1. The van der Waals surface area contributed by atoms with E-state index < -0.39 is 18.2 Å². The van der Waals surface area contributed by atoms with Gasteiger partial charge in [0.25, 0.3) is 0 Å². The Morgan fingerprint density at radius 1 is 1.40 bits per heavy atom. The molecule has 0 saturated heterocycles. The van der Waals surface area contributed by atoms with Crippen LogP contribution in [0.2, 0.25) is 0 Å². The fraction of sp³-hybridized carbons (Fsp3) is 0.333. The van der Waals surface area contributed by atoms with Crippen molar-refractivity contribution in [3.63, 3.8) is 0 Å². The van der Waals surface area contributed by atoms with Crippen LogP contribution < -0.4 is 9.47 Å². The Hall–Kier alpha value is -1.43. The summed E-state index contributed by atoms with van der Waals surface area (Å²) in [4.78, 5) is 0. The van der Waals surface area contributed by atoms with Gasteiger partial charge in [0.05, 0.1) is 0 Å². The number of aliphatic hydroxyl groups is 1. The van der Waals surface area contributed by atoms with E-state index in [4.69, 9.17) is 4.74 Å². The summed E-state index contributed by atoms with van der Waals surface area (Å²) in [6, 6.07) is 4.01. The van der Waals surface area contributed by atoms with Gasteiger partial charge in [-0.15, -0.1) is 13.2 Å². The van der Waals surface area contributed by atoms with Crippen LogP contribution in [0.5, 0.6) is 11.5 Å². The quantitative estimate of drug-likeness (QED) is 0.786. The molecule has 1 aromatic rings. The molecule has 1 aromatic carbocycles. The molecule has 0 radical (unpaired) electrons. The number of hydrogen-bond acceptors (Lipinski definition) is 3. The van der Waals surface area contributed by atoms with Crippen LogP contribution in [0.3, 0.4) is 0 Å². The summed E-state index contributed by atoms with van der Waals surface area (Å²) >= 11 is 0. The SMILES string of the molecule is OC1COc2c(OC(F)(F)F)cccc21. The van der Waals surface area contributed by atoms with Crippen LogP contribution in [0.1, 0.15) is 11.7 Å². The number of alkyl halides is 3. The third-order valence-electron chi connectivity index (χ3n) is 1.98. The molecule has 0 aliphatic carbocycles. The van der Waals surface area contributed by atoms with Gasteiger partial charge in [-0.05, 0) is 6.07 Å². The zero-order valence-electron chi connectivity index (χ0n) is 7.41. The molecule has 1 atom stereocenters. The van der Waals surface area contributed by atoms with Crippen LogP contribution in [0.25, 0.3) is 0 Å². The van der Waals surface area contributed by atoms with Crippen molar-refractivity contribution in [3.05, 3.63) is 23.8 Å². The smallest absolute Gasteiger partial charge is 0.486 e. The molecule has 15 heavy (non-hydrogen) atoms. The molecular formula is C9H7F3O3. The first-order valence-electron chi connectivity index (χ1n) is 4.17. The zero-order chi connectivity index (χ0) is 11.1. The highest BCUT2D eigenvalue weighted by atomic mass is 19.4. The maximum Gasteiger partial charge on any atom is 0.573 e. The van der Waals surface area contributed by atoms with Crippen molar-refractivity contribution in [2.24, 2.45) is 0 Å². The number of para-hydroxylation sites is 1. The summed E-state index contributed by atoms with van der Waals surface area (Å²) in [5, 5.41) is 9.34. The molecule has 2 rings (SSSR count). The van der Waals surface area contributed by atoms with Gasteiger partial charge in [-0.3, -0.25) is 0 Å². The largest absolute Gasteiger partial charge is 0.573 e. The normalized spacial score (nSPS) is 19.6. The van der Waals surface area contributed by atoms with Crippen LogP contribution in [-0.2, 0) is 0 Å². The van der Waals surface area contributed by atoms with E-state index in [0.717, 1.165) is 6.07 Å². The first-order valence-corrected chi connectivity index (χ1v) is 4.17. The Labute approximate surface area is 83.0 Å². The molecule has 82 valence electrons. The molecule has 0 spiro atoms. The predicted molar refractivity (Wildman–Crippen MR) is 43.6 cm³/mol. The van der Waals surface area contributed by atoms with Crippen LogP contribution in [-0.4, -0.2) is 18.1 Å². The molecule has 0 saturated carbocycles. The monoisotopic (exact) mass is 220 g/mol. The second-order valence-electron chi connectivity index (χ2n) is 3.05. The summed E-state index contributed by atoms with van der Waals surface area (Å²) in [6.45, 7) is -0.0481. The van der Waals surface area contributed by atoms with E-state index in [2.05, 4.69) is 4.74 Å². The Morgan fingerprint density at radius 2 is 2.13 bits per heavy atom. The number of benzene rings is 1. The van der Waals surface area contributed by atoms with Crippen molar-refractivity contribution >= 4 is 0 Å². The highest BCUT2D eigenvalue weighted by molar-refractivity contribution is 5.49. The summed E-state index contributed by atoms with van der Waals surface area (Å²) in [5.74, 6) is -0.459. The van der Waals surface area contributed by atoms with Gasteiger partial charge in [0.1, 0.15) is 12.7 Å². The minimum Gasteiger partial charge on any atom is -0.486 e. The van der Waals surface area contributed by atoms with Crippen LogP contribution in [0.15, 0.2) is 18.2 Å². The lowest BCUT2D eigenvalue weighted by Gasteiger charge is -2.11. The molecule has 0 fully saturated rings. The van der Waals surface area contributed by atoms with Gasteiger partial charge in [0.2, 0.25) is 0 Å². The van der Waals surface area contributed by atoms with Crippen LogP contribution >= 0.6 is 0 Å². The maximum absolute atomic E-state index is 12.0. The van der Waals surface area contributed by atoms with E-state index in [0.29, 0.717) is 5.56 Å². The van der Waals surface area contributed by atoms with Crippen LogP contribution in [0.4, 0.5) is 13.2 Å². The fourth-order valence-corrected chi connectivity index (χ4v) is 1.41. The highest BCUT2D eigenvalue weighted by Crippen LogP contribution is 2.41. The van der Waals surface area contributed by atoms with Crippen molar-refractivity contribution in [3.8, 4) is 11.5 Å². The minimum atomic E-state index is -4.76. The Balaban J connectivity index is 2.34. The van der Waals surface area contributed by atoms with Gasteiger partial charge in [0, 0.05) is 5.56 Å². The molecule has 1 heterocycles. The molecule has 6 heteroatoms. The van der Waals surface area contributed by atoms with E-state index >= 15 is 0 Å². The first kappa shape index (κ1) is 10.1. The van der Waals surface area contributed by atoms with E-state index in [1.54, 1.807) is 0 Å². The van der Waals surface area contributed by atoms with E-state index in [9.17, 15) is 18.3 Å². The number of hydrogen-bond donors (Lipinski definition) is 1. The van der Waals surface area contributed by atoms with Crippen molar-refractivity contribution < 1.29 is 27.8 Å². The Bertz CT molecular complexity index is 375. The van der Waals surface area contributed by atoms with Gasteiger partial charge in [-0.25, -0.2) is 0 Å². The van der Waals surface area contributed by atoms with Crippen molar-refractivity contribution in [1.82, 2.24) is 0 Å². The predicted octanol–water partition coefficient (Wildman–Crippen LogP) is 2.01. The summed E-state index contributed by atoms with van der Waals surface area (Å²) in [6.07, 6.45) is -5.65. The van der Waals surface area contributed by atoms with E-state index in [1.807, 2.05) is 0 Å². The minimum absolute atomic E-state index is 0.0395. The van der Waals surface area contributed by atoms with Gasteiger partial charge < -0.3 is 14.6 Å². The molecule has 0 amide bonds. The lowest BCUT2D eigenvalue weighted by atomic mass is 10.1. The Morgan fingerprint density at radius 3 is 2.80 bits per heavy atom. The molecule has 1 unspecified atom stereocenters. The third-order valence-corrected chi connectivity index (χ3v) is 1.98. The van der Waals surface area contributed by atoms with Crippen LogP contribution in [0, 0.1) is 0 Å². The van der Waals surface area contributed by atoms with Gasteiger partial charge >= 0.3 is 6.36 Å². The second kappa shape index (κ2) is 3.30. The number of ether oxygens (including phenoxy) is 2. The lowest BCUT2D eigenvalue weighted by molar-refractivity contribution is -0.275. The summed E-state index contributed by atoms with van der Waals surface area (Å²) in [7, 11) is 0. The highest BCUT2D eigenvalue weighted by Gasteiger charge is 2.35. The molecule has 1 aliphatic rings. The fourth-order valence-electron chi connectivity index (χ4n) is 1.41. The van der Waals surface area contributed by atoms with Crippen molar-refractivity contribution in [2.75, 3.05) is 6.61 Å². The second-order valence-corrected chi connectivity index (χ2v) is 3.05. The summed E-state index contributed by atoms with van der Waals surface area (Å²) in [5.41, 5.74) is 0.316. The standard InChI is InChI=1S/C9H7F3O3/c10-9(11,12)15-7-3-1-2-5-6(13)4-14-8(5)7/h1-3,6,13H,4H2.